The van der Waals surface area contributed by atoms with E-state index in [0.29, 0.717) is 12.8 Å². The Morgan fingerprint density at radius 1 is 1.22 bits per heavy atom. The van der Waals surface area contributed by atoms with E-state index < -0.39 is 11.0 Å². The average molecular weight is 507 g/mol. The summed E-state index contributed by atoms with van der Waals surface area (Å²) in [6.45, 7) is 6.12. The highest BCUT2D eigenvalue weighted by molar-refractivity contribution is 5.92. The highest BCUT2D eigenvalue weighted by Crippen LogP contribution is 2.54. The van der Waals surface area contributed by atoms with E-state index in [1.807, 2.05) is 25.1 Å². The number of nitrogens with zero attached hydrogens (tertiary/aromatic N) is 1. The lowest BCUT2D eigenvalue weighted by Crippen LogP contribution is -2.68. The van der Waals surface area contributed by atoms with Crippen LogP contribution in [0.2, 0.25) is 0 Å². The van der Waals surface area contributed by atoms with Crippen molar-refractivity contribution in [3.8, 4) is 5.75 Å². The molecule has 37 heavy (non-hydrogen) atoms. The summed E-state index contributed by atoms with van der Waals surface area (Å²) in [4.78, 5) is 27.9. The van der Waals surface area contributed by atoms with Gasteiger partial charge in [0.15, 0.2) is 0 Å². The molecule has 0 unspecified atom stereocenters. The highest BCUT2D eigenvalue weighted by Gasteiger charge is 2.61. The van der Waals surface area contributed by atoms with E-state index in [1.165, 1.54) is 19.8 Å². The fourth-order valence-corrected chi connectivity index (χ4v) is 6.53. The molecule has 0 spiro atoms. The molecule has 0 radical (unpaired) electrons. The van der Waals surface area contributed by atoms with E-state index in [9.17, 15) is 9.59 Å². The zero-order valence-electron chi connectivity index (χ0n) is 22.1. The first-order chi connectivity index (χ1) is 17.8. The highest BCUT2D eigenvalue weighted by atomic mass is 16.6. The van der Waals surface area contributed by atoms with Crippen LogP contribution in [0.1, 0.15) is 62.3 Å². The summed E-state index contributed by atoms with van der Waals surface area (Å²) in [5.74, 6) is 1.95. The summed E-state index contributed by atoms with van der Waals surface area (Å²) >= 11 is 0. The molecular weight excluding hydrogens is 468 g/mol. The lowest BCUT2D eigenvalue weighted by atomic mass is 9.55. The van der Waals surface area contributed by atoms with Crippen molar-refractivity contribution in [2.45, 2.75) is 69.4 Å². The van der Waals surface area contributed by atoms with Crippen LogP contribution in [0.25, 0.3) is 6.08 Å². The molecule has 1 aromatic heterocycles. The van der Waals surface area contributed by atoms with Gasteiger partial charge in [-0.3, -0.25) is 14.5 Å². The van der Waals surface area contributed by atoms with Crippen molar-refractivity contribution >= 4 is 18.0 Å². The van der Waals surface area contributed by atoms with Gasteiger partial charge in [-0.15, -0.1) is 0 Å². The van der Waals surface area contributed by atoms with Gasteiger partial charge in [-0.1, -0.05) is 12.1 Å². The topological polar surface area (TPSA) is 81.0 Å². The molecule has 2 heterocycles. The van der Waals surface area contributed by atoms with Gasteiger partial charge >= 0.3 is 5.97 Å². The molecule has 1 N–H and O–H groups in total. The normalized spacial score (nSPS) is 28.0. The number of likely N-dealkylation sites (tertiary alicyclic amines) is 1. The standard InChI is InChI=1S/C30H38N2O5/c1-21-24(12-16-36-21)9-10-28(34)31-26-11-13-30(37-22(2)33)20-32(19-23-7-8-23)15-14-29(30,18-26)25-5-4-6-27(17-25)35-3/h4-6,9-10,12,16-17,23,26H,7-8,11,13-15,18-20H2,1-3H3,(H,31,34)/t26-,29+,30+/m1/s1. The quantitative estimate of drug-likeness (QED) is 0.415. The van der Waals surface area contributed by atoms with Crippen LogP contribution in [0.5, 0.6) is 5.75 Å². The minimum absolute atomic E-state index is 0.0348. The van der Waals surface area contributed by atoms with Crippen LogP contribution < -0.4 is 10.1 Å². The lowest BCUT2D eigenvalue weighted by Gasteiger charge is -2.59. The Morgan fingerprint density at radius 3 is 2.76 bits per heavy atom. The van der Waals surface area contributed by atoms with Gasteiger partial charge in [0.05, 0.1) is 13.4 Å². The molecule has 3 aliphatic rings. The van der Waals surface area contributed by atoms with Gasteiger partial charge < -0.3 is 19.2 Å². The number of carbonyl (C=O) groups is 2. The number of hydrogen-bond donors (Lipinski definition) is 1. The van der Waals surface area contributed by atoms with E-state index >= 15 is 0 Å². The van der Waals surface area contributed by atoms with Crippen LogP contribution in [-0.4, -0.2) is 55.2 Å². The number of ether oxygens (including phenoxy) is 2. The largest absolute Gasteiger partial charge is 0.497 e. The van der Waals surface area contributed by atoms with Gasteiger partial charge in [-0.2, -0.15) is 0 Å². The summed E-state index contributed by atoms with van der Waals surface area (Å²) in [6, 6.07) is 9.98. The molecule has 2 aromatic rings. The number of aryl methyl sites for hydroxylation is 1. The molecule has 3 fully saturated rings. The van der Waals surface area contributed by atoms with Gasteiger partial charge in [0, 0.05) is 43.1 Å². The molecule has 2 saturated carbocycles. The fourth-order valence-electron chi connectivity index (χ4n) is 6.53. The molecule has 1 amide bonds. The predicted molar refractivity (Wildman–Crippen MR) is 141 cm³/mol. The van der Waals surface area contributed by atoms with E-state index in [0.717, 1.165) is 61.0 Å². The summed E-state index contributed by atoms with van der Waals surface area (Å²) in [6.07, 6.45) is 10.6. The molecule has 5 rings (SSSR count). The van der Waals surface area contributed by atoms with Gasteiger partial charge in [-0.05, 0) is 87.7 Å². The van der Waals surface area contributed by atoms with Crippen LogP contribution >= 0.6 is 0 Å². The van der Waals surface area contributed by atoms with Gasteiger partial charge in [0.25, 0.3) is 0 Å². The van der Waals surface area contributed by atoms with Crippen LogP contribution in [0.15, 0.2) is 47.1 Å². The molecule has 7 heteroatoms. The van der Waals surface area contributed by atoms with Crippen molar-refractivity contribution in [3.05, 3.63) is 59.6 Å². The van der Waals surface area contributed by atoms with Crippen molar-refractivity contribution in [3.63, 3.8) is 0 Å². The number of fused-ring (bicyclic) bond motifs is 1. The average Bonchev–Trinajstić information content (AvgIpc) is 3.60. The first kappa shape index (κ1) is 25.6. The summed E-state index contributed by atoms with van der Waals surface area (Å²) < 4.78 is 17.3. The fraction of sp³-hybridized carbons (Fsp3) is 0.533. The summed E-state index contributed by atoms with van der Waals surface area (Å²) in [7, 11) is 1.67. The van der Waals surface area contributed by atoms with Crippen LogP contribution in [0.3, 0.4) is 0 Å². The minimum Gasteiger partial charge on any atom is -0.497 e. The second kappa shape index (κ2) is 10.4. The van der Waals surface area contributed by atoms with Crippen LogP contribution in [-0.2, 0) is 19.7 Å². The summed E-state index contributed by atoms with van der Waals surface area (Å²) in [5.41, 5.74) is 0.934. The van der Waals surface area contributed by atoms with Crippen molar-refractivity contribution < 1.29 is 23.5 Å². The maximum absolute atomic E-state index is 12.9. The number of piperidine rings is 1. The molecule has 1 saturated heterocycles. The number of hydrogen-bond acceptors (Lipinski definition) is 6. The number of methoxy groups -OCH3 is 1. The van der Waals surface area contributed by atoms with Crippen LogP contribution in [0.4, 0.5) is 0 Å². The maximum Gasteiger partial charge on any atom is 0.303 e. The van der Waals surface area contributed by atoms with Crippen molar-refractivity contribution in [2.75, 3.05) is 26.7 Å². The van der Waals surface area contributed by atoms with E-state index in [4.69, 9.17) is 13.9 Å². The van der Waals surface area contributed by atoms with E-state index in [2.05, 4.69) is 22.3 Å². The maximum atomic E-state index is 12.9. The molecule has 1 aliphatic heterocycles. The van der Waals surface area contributed by atoms with Gasteiger partial charge in [0.1, 0.15) is 17.1 Å². The van der Waals surface area contributed by atoms with E-state index in [1.54, 1.807) is 25.5 Å². The molecule has 0 bridgehead atoms. The summed E-state index contributed by atoms with van der Waals surface area (Å²) in [5, 5.41) is 3.24. The van der Waals surface area contributed by atoms with E-state index in [-0.39, 0.29) is 17.9 Å². The number of nitrogens with one attached hydrogen (secondary N) is 1. The monoisotopic (exact) mass is 506 g/mol. The molecular formula is C30H38N2O5. The van der Waals surface area contributed by atoms with Gasteiger partial charge in [-0.25, -0.2) is 0 Å². The SMILES string of the molecule is COc1cccc([C@@]23CCN(CC4CC4)C[C@@]2(OC(C)=O)CC[C@@H](NC(=O)C=Cc2ccoc2C)C3)c1. The second-order valence-electron chi connectivity index (χ2n) is 11.0. The lowest BCUT2D eigenvalue weighted by molar-refractivity contribution is -0.187. The third-order valence-electron chi connectivity index (χ3n) is 8.53. The molecule has 198 valence electrons. The predicted octanol–water partition coefficient (Wildman–Crippen LogP) is 4.63. The zero-order chi connectivity index (χ0) is 26.0. The Hall–Kier alpha value is -3.06. The molecule has 2 aliphatic carbocycles. The van der Waals surface area contributed by atoms with Crippen molar-refractivity contribution in [1.29, 1.82) is 0 Å². The van der Waals surface area contributed by atoms with Crippen LogP contribution in [0, 0.1) is 12.8 Å². The third-order valence-corrected chi connectivity index (χ3v) is 8.53. The molecule has 7 nitrogen and oxygen atoms in total. The second-order valence-corrected chi connectivity index (χ2v) is 11.0. The Morgan fingerprint density at radius 2 is 2.05 bits per heavy atom. The smallest absolute Gasteiger partial charge is 0.303 e. The first-order valence-electron chi connectivity index (χ1n) is 13.4. The minimum atomic E-state index is -0.649. The number of esters is 1. The Balaban J connectivity index is 1.44. The van der Waals surface area contributed by atoms with Crippen molar-refractivity contribution in [2.24, 2.45) is 5.92 Å². The third kappa shape index (κ3) is 5.33. The Kier molecular flexibility index (Phi) is 7.17. The first-order valence-corrected chi connectivity index (χ1v) is 13.4. The number of carbonyl (C=O) groups excluding carboxylic acids is 2. The number of benzene rings is 1. The molecule has 3 atom stereocenters. The van der Waals surface area contributed by atoms with Gasteiger partial charge in [0.2, 0.25) is 5.91 Å². The van der Waals surface area contributed by atoms with Crippen molar-refractivity contribution in [1.82, 2.24) is 10.2 Å². The number of rotatable bonds is 8. The zero-order valence-corrected chi connectivity index (χ0v) is 22.1. The Labute approximate surface area is 219 Å². The Bertz CT molecular complexity index is 1170. The number of furan rings is 1. The number of amides is 1. The molecule has 1 aromatic carbocycles.